The van der Waals surface area contributed by atoms with Crippen LogP contribution in [-0.4, -0.2) is 11.9 Å². The average Bonchev–Trinajstić information content (AvgIpc) is 2.50. The first kappa shape index (κ1) is 15.3. The monoisotopic (exact) mass is 328 g/mol. The zero-order valence-electron chi connectivity index (χ0n) is 12.6. The number of carbonyl (C=O) groups is 2. The number of halogens is 1. The van der Waals surface area contributed by atoms with Gasteiger partial charge in [0.15, 0.2) is 0 Å². The number of hydrogen-bond acceptors (Lipinski definition) is 4. The first-order valence-electron chi connectivity index (χ1n) is 6.99. The average molecular weight is 329 g/mol. The van der Waals surface area contributed by atoms with Crippen LogP contribution in [0.4, 0.5) is 0 Å². The molecule has 4 nitrogen and oxygen atoms in total. The third kappa shape index (κ3) is 2.73. The van der Waals surface area contributed by atoms with E-state index in [1.54, 1.807) is 30.3 Å². The van der Waals surface area contributed by atoms with Crippen molar-refractivity contribution in [3.8, 4) is 11.5 Å². The molecule has 0 aromatic heterocycles. The van der Waals surface area contributed by atoms with Gasteiger partial charge in [0, 0.05) is 35.4 Å². The third-order valence-electron chi connectivity index (χ3n) is 3.39. The van der Waals surface area contributed by atoms with Crippen LogP contribution in [0.25, 0.3) is 21.5 Å². The summed E-state index contributed by atoms with van der Waals surface area (Å²) in [5.41, 5.74) is 0. The molecule has 0 aliphatic carbocycles. The van der Waals surface area contributed by atoms with Crippen molar-refractivity contribution < 1.29 is 19.1 Å². The van der Waals surface area contributed by atoms with Crippen LogP contribution in [0, 0.1) is 0 Å². The Morgan fingerprint density at radius 2 is 1.30 bits per heavy atom. The van der Waals surface area contributed by atoms with Crippen molar-refractivity contribution >= 4 is 45.1 Å². The molecule has 5 heteroatoms. The number of esters is 2. The second-order valence-corrected chi connectivity index (χ2v) is 5.46. The molecule has 0 radical (unpaired) electrons. The number of ether oxygens (including phenoxy) is 2. The van der Waals surface area contributed by atoms with Gasteiger partial charge in [-0.1, -0.05) is 48.0 Å². The summed E-state index contributed by atoms with van der Waals surface area (Å²) in [5.74, 6) is -0.112. The molecule has 0 heterocycles. The van der Waals surface area contributed by atoms with Gasteiger partial charge in [0.1, 0.15) is 11.5 Å². The number of rotatable bonds is 2. The van der Waals surface area contributed by atoms with Crippen molar-refractivity contribution in [1.29, 1.82) is 0 Å². The van der Waals surface area contributed by atoms with Gasteiger partial charge in [-0.15, -0.1) is 0 Å². The Bertz CT molecular complexity index is 947. The zero-order valence-corrected chi connectivity index (χ0v) is 13.3. The summed E-state index contributed by atoms with van der Waals surface area (Å²) >= 11 is 6.32. The van der Waals surface area contributed by atoms with Gasteiger partial charge in [-0.3, -0.25) is 9.59 Å². The molecule has 3 aromatic carbocycles. The van der Waals surface area contributed by atoms with E-state index in [-0.39, 0.29) is 0 Å². The molecule has 3 aromatic rings. The lowest BCUT2D eigenvalue weighted by Crippen LogP contribution is -2.06. The van der Waals surface area contributed by atoms with Crippen LogP contribution in [-0.2, 0) is 9.59 Å². The summed E-state index contributed by atoms with van der Waals surface area (Å²) < 4.78 is 10.8. The highest BCUT2D eigenvalue weighted by atomic mass is 35.5. The molecule has 0 amide bonds. The quantitative estimate of drug-likeness (QED) is 0.395. The Hall–Kier alpha value is -2.59. The van der Waals surface area contributed by atoms with Gasteiger partial charge in [0.25, 0.3) is 0 Å². The predicted octanol–water partition coefficient (Wildman–Crippen LogP) is 4.50. The SMILES string of the molecule is CC(=O)Oc1c2ccccc2c(OC(C)=O)c2c(Cl)cccc12. The molecule has 0 saturated heterocycles. The second kappa shape index (κ2) is 5.89. The van der Waals surface area contributed by atoms with E-state index in [0.29, 0.717) is 38.1 Å². The van der Waals surface area contributed by atoms with Crippen LogP contribution < -0.4 is 9.47 Å². The van der Waals surface area contributed by atoms with Crippen molar-refractivity contribution in [1.82, 2.24) is 0 Å². The van der Waals surface area contributed by atoms with E-state index in [9.17, 15) is 9.59 Å². The first-order chi connectivity index (χ1) is 11.0. The minimum absolute atomic E-state index is 0.365. The molecule has 0 saturated carbocycles. The van der Waals surface area contributed by atoms with Gasteiger partial charge in [0.05, 0.1) is 5.02 Å². The smallest absolute Gasteiger partial charge is 0.308 e. The van der Waals surface area contributed by atoms with Crippen LogP contribution in [0.1, 0.15) is 13.8 Å². The Morgan fingerprint density at radius 3 is 1.91 bits per heavy atom. The molecule has 0 fully saturated rings. The van der Waals surface area contributed by atoms with Crippen LogP contribution in [0.3, 0.4) is 0 Å². The maximum absolute atomic E-state index is 11.5. The molecule has 0 aliphatic rings. The van der Waals surface area contributed by atoms with Crippen LogP contribution in [0.5, 0.6) is 11.5 Å². The highest BCUT2D eigenvalue weighted by molar-refractivity contribution is 6.37. The summed E-state index contributed by atoms with van der Waals surface area (Å²) in [5, 5.41) is 2.90. The van der Waals surface area contributed by atoms with E-state index >= 15 is 0 Å². The highest BCUT2D eigenvalue weighted by Crippen LogP contribution is 2.45. The molecular weight excluding hydrogens is 316 g/mol. The van der Waals surface area contributed by atoms with Gasteiger partial charge < -0.3 is 9.47 Å². The Kier molecular flexibility index (Phi) is 3.92. The Labute approximate surface area is 137 Å². The minimum atomic E-state index is -0.448. The molecule has 0 aliphatic heterocycles. The van der Waals surface area contributed by atoms with Crippen molar-refractivity contribution in [2.45, 2.75) is 13.8 Å². The lowest BCUT2D eigenvalue weighted by Gasteiger charge is -2.16. The van der Waals surface area contributed by atoms with E-state index in [1.165, 1.54) is 13.8 Å². The molecule has 0 atom stereocenters. The fraction of sp³-hybridized carbons (Fsp3) is 0.111. The van der Waals surface area contributed by atoms with Crippen molar-refractivity contribution in [2.24, 2.45) is 0 Å². The largest absolute Gasteiger partial charge is 0.425 e. The molecule has 0 unspecified atom stereocenters. The number of benzene rings is 3. The topological polar surface area (TPSA) is 52.6 Å². The van der Waals surface area contributed by atoms with Crippen LogP contribution in [0.2, 0.25) is 5.02 Å². The molecule has 116 valence electrons. The Morgan fingerprint density at radius 1 is 0.783 bits per heavy atom. The maximum atomic E-state index is 11.5. The summed E-state index contributed by atoms with van der Waals surface area (Å²) in [6.07, 6.45) is 0. The number of hydrogen-bond donors (Lipinski definition) is 0. The lowest BCUT2D eigenvalue weighted by atomic mass is 10.0. The van der Waals surface area contributed by atoms with E-state index < -0.39 is 11.9 Å². The highest BCUT2D eigenvalue weighted by Gasteiger charge is 2.19. The lowest BCUT2D eigenvalue weighted by molar-refractivity contribution is -0.132. The number of fused-ring (bicyclic) bond motifs is 2. The molecule has 0 spiro atoms. The van der Waals surface area contributed by atoms with Gasteiger partial charge in [-0.05, 0) is 6.07 Å². The van der Waals surface area contributed by atoms with Crippen molar-refractivity contribution in [3.63, 3.8) is 0 Å². The normalized spacial score (nSPS) is 10.7. The van der Waals surface area contributed by atoms with E-state index in [0.717, 1.165) is 0 Å². The van der Waals surface area contributed by atoms with E-state index in [4.69, 9.17) is 21.1 Å². The molecule has 0 N–H and O–H groups in total. The molecule has 0 bridgehead atoms. The maximum Gasteiger partial charge on any atom is 0.308 e. The van der Waals surface area contributed by atoms with Crippen molar-refractivity contribution in [2.75, 3.05) is 0 Å². The zero-order chi connectivity index (χ0) is 16.6. The van der Waals surface area contributed by atoms with Gasteiger partial charge >= 0.3 is 11.9 Å². The van der Waals surface area contributed by atoms with E-state index in [2.05, 4.69) is 0 Å². The first-order valence-corrected chi connectivity index (χ1v) is 7.36. The molecule has 3 rings (SSSR count). The van der Waals surface area contributed by atoms with Crippen LogP contribution >= 0.6 is 11.6 Å². The summed E-state index contributed by atoms with van der Waals surface area (Å²) in [7, 11) is 0. The second-order valence-electron chi connectivity index (χ2n) is 5.05. The van der Waals surface area contributed by atoms with Crippen LogP contribution in [0.15, 0.2) is 42.5 Å². The number of carbonyl (C=O) groups excluding carboxylic acids is 2. The third-order valence-corrected chi connectivity index (χ3v) is 3.71. The van der Waals surface area contributed by atoms with E-state index in [1.807, 2.05) is 12.1 Å². The summed E-state index contributed by atoms with van der Waals surface area (Å²) in [4.78, 5) is 23.0. The summed E-state index contributed by atoms with van der Waals surface area (Å²) in [6, 6.07) is 12.5. The Balaban J connectivity index is 2.53. The standard InChI is InChI=1S/C18H13ClO4/c1-10(20)22-17-12-6-3-4-7-13(12)18(23-11(2)21)16-14(17)8-5-9-15(16)19/h3-9H,1-2H3. The summed E-state index contributed by atoms with van der Waals surface area (Å²) in [6.45, 7) is 2.67. The molecular formula is C18H13ClO4. The van der Waals surface area contributed by atoms with Gasteiger partial charge in [-0.2, -0.15) is 0 Å². The minimum Gasteiger partial charge on any atom is -0.425 e. The van der Waals surface area contributed by atoms with Crippen molar-refractivity contribution in [3.05, 3.63) is 47.5 Å². The molecule has 23 heavy (non-hydrogen) atoms. The van der Waals surface area contributed by atoms with Gasteiger partial charge in [0.2, 0.25) is 0 Å². The fourth-order valence-corrected chi connectivity index (χ4v) is 2.87. The predicted molar refractivity (Wildman–Crippen MR) is 89.1 cm³/mol. The van der Waals surface area contributed by atoms with Gasteiger partial charge in [-0.25, -0.2) is 0 Å². The fourth-order valence-electron chi connectivity index (χ4n) is 2.61.